The fourth-order valence-electron chi connectivity index (χ4n) is 4.33. The molecule has 1 amide bonds. The molecule has 2 aliphatic rings. The van der Waals surface area contributed by atoms with Crippen molar-refractivity contribution in [1.82, 2.24) is 5.32 Å². The zero-order valence-corrected chi connectivity index (χ0v) is 19.5. The summed E-state index contributed by atoms with van der Waals surface area (Å²) in [4.78, 5) is 17.4. The SMILES string of the molecule is CC(C)N=C1C[C@H](C(=O)NC2(C)CS(=O)(=O)C2)CCC1=C(N)c1cc(OC(F)F)ccc1F. The third kappa shape index (κ3) is 6.07. The maximum absolute atomic E-state index is 14.5. The first-order valence-electron chi connectivity index (χ1n) is 10.6. The van der Waals surface area contributed by atoms with Gasteiger partial charge in [-0.3, -0.25) is 9.79 Å². The number of amides is 1. The standard InChI is InChI=1S/C22H28F3N3O4S/c1-12(2)27-18-8-13(20(29)28-22(3)10-33(30,31)11-22)4-6-15(18)19(26)16-9-14(32-21(24)25)5-7-17(16)23/h5,7,9,12-13,21H,4,6,8,10-11,26H2,1-3H3,(H,28,29)/t13-/m1/s1. The number of carbonyl (C=O) groups is 1. The molecule has 1 heterocycles. The summed E-state index contributed by atoms with van der Waals surface area (Å²) in [6.07, 6.45) is 0.970. The van der Waals surface area contributed by atoms with Crippen LogP contribution in [0, 0.1) is 11.7 Å². The van der Waals surface area contributed by atoms with Gasteiger partial charge in [-0.05, 0) is 57.4 Å². The van der Waals surface area contributed by atoms with E-state index in [9.17, 15) is 26.4 Å². The molecule has 0 unspecified atom stereocenters. The number of nitrogens with one attached hydrogen (secondary N) is 1. The quantitative estimate of drug-likeness (QED) is 0.641. The van der Waals surface area contributed by atoms with E-state index < -0.39 is 33.7 Å². The average Bonchev–Trinajstić information content (AvgIpc) is 2.66. The van der Waals surface area contributed by atoms with Crippen molar-refractivity contribution in [3.05, 3.63) is 35.2 Å². The van der Waals surface area contributed by atoms with E-state index in [1.807, 2.05) is 13.8 Å². The van der Waals surface area contributed by atoms with Gasteiger partial charge in [0.2, 0.25) is 5.91 Å². The van der Waals surface area contributed by atoms with E-state index in [1.165, 1.54) is 0 Å². The van der Waals surface area contributed by atoms with E-state index in [-0.39, 0.29) is 46.9 Å². The molecule has 1 saturated heterocycles. The van der Waals surface area contributed by atoms with Gasteiger partial charge in [0.25, 0.3) is 0 Å². The van der Waals surface area contributed by atoms with Gasteiger partial charge in [-0.15, -0.1) is 0 Å². The summed E-state index contributed by atoms with van der Waals surface area (Å²) < 4.78 is 67.0. The number of rotatable bonds is 6. The van der Waals surface area contributed by atoms with E-state index in [0.29, 0.717) is 24.1 Å². The first-order valence-corrected chi connectivity index (χ1v) is 12.4. The van der Waals surface area contributed by atoms with Crippen molar-refractivity contribution in [1.29, 1.82) is 0 Å². The highest BCUT2D eigenvalue weighted by atomic mass is 32.2. The van der Waals surface area contributed by atoms with E-state index in [1.54, 1.807) is 6.92 Å². The number of alkyl halides is 2. The fraction of sp³-hybridized carbons (Fsp3) is 0.545. The van der Waals surface area contributed by atoms with Crippen molar-refractivity contribution in [2.75, 3.05) is 11.5 Å². The normalized spacial score (nSPS) is 24.5. The molecule has 1 aromatic carbocycles. The molecular formula is C22H28F3N3O4S. The number of nitrogens with zero attached hydrogens (tertiary/aromatic N) is 1. The lowest BCUT2D eigenvalue weighted by Gasteiger charge is -2.40. The lowest BCUT2D eigenvalue weighted by Crippen LogP contribution is -2.64. The molecule has 1 aliphatic heterocycles. The van der Waals surface area contributed by atoms with Crippen LogP contribution < -0.4 is 15.8 Å². The zero-order chi connectivity index (χ0) is 24.6. The van der Waals surface area contributed by atoms with Crippen LogP contribution in [0.3, 0.4) is 0 Å². The van der Waals surface area contributed by atoms with Crippen molar-refractivity contribution in [2.24, 2.45) is 16.6 Å². The van der Waals surface area contributed by atoms with Crippen LogP contribution in [0.2, 0.25) is 0 Å². The van der Waals surface area contributed by atoms with Crippen LogP contribution >= 0.6 is 0 Å². The smallest absolute Gasteiger partial charge is 0.387 e. The van der Waals surface area contributed by atoms with Crippen LogP contribution in [-0.2, 0) is 14.6 Å². The Morgan fingerprint density at radius 3 is 2.55 bits per heavy atom. The van der Waals surface area contributed by atoms with Crippen LogP contribution in [0.1, 0.15) is 45.6 Å². The Labute approximate surface area is 191 Å². The van der Waals surface area contributed by atoms with Crippen molar-refractivity contribution in [2.45, 2.75) is 58.2 Å². The molecule has 7 nitrogen and oxygen atoms in total. The lowest BCUT2D eigenvalue weighted by molar-refractivity contribution is -0.126. The van der Waals surface area contributed by atoms with E-state index in [2.05, 4.69) is 15.0 Å². The summed E-state index contributed by atoms with van der Waals surface area (Å²) in [6.45, 7) is 2.33. The molecule has 3 rings (SSSR count). The van der Waals surface area contributed by atoms with Crippen LogP contribution in [0.4, 0.5) is 13.2 Å². The van der Waals surface area contributed by atoms with Crippen LogP contribution in [0.15, 0.2) is 28.8 Å². The van der Waals surface area contributed by atoms with Crippen molar-refractivity contribution < 1.29 is 31.1 Å². The molecule has 1 aliphatic carbocycles. The van der Waals surface area contributed by atoms with Gasteiger partial charge >= 0.3 is 6.61 Å². The lowest BCUT2D eigenvalue weighted by atomic mass is 9.81. The minimum Gasteiger partial charge on any atom is -0.435 e. The molecule has 1 saturated carbocycles. The van der Waals surface area contributed by atoms with E-state index >= 15 is 0 Å². The number of allylic oxidation sites excluding steroid dienone is 1. The van der Waals surface area contributed by atoms with Crippen LogP contribution in [0.5, 0.6) is 5.75 Å². The number of ether oxygens (including phenoxy) is 1. The topological polar surface area (TPSA) is 111 Å². The number of sulfone groups is 1. The van der Waals surface area contributed by atoms with E-state index in [4.69, 9.17) is 5.73 Å². The highest BCUT2D eigenvalue weighted by Gasteiger charge is 2.46. The molecule has 3 N–H and O–H groups in total. The molecule has 11 heteroatoms. The number of carbonyl (C=O) groups excluding carboxylic acids is 1. The number of halogens is 3. The van der Waals surface area contributed by atoms with Gasteiger partial charge in [0.1, 0.15) is 11.6 Å². The Hall–Kier alpha value is -2.56. The zero-order valence-electron chi connectivity index (χ0n) is 18.7. The number of hydrogen-bond acceptors (Lipinski definition) is 6. The summed E-state index contributed by atoms with van der Waals surface area (Å²) in [6, 6.07) is 3.09. The summed E-state index contributed by atoms with van der Waals surface area (Å²) >= 11 is 0. The van der Waals surface area contributed by atoms with Gasteiger partial charge in [0.05, 0.1) is 17.0 Å². The molecule has 1 aromatic rings. The first-order chi connectivity index (χ1) is 15.3. The number of benzene rings is 1. The molecule has 0 bridgehead atoms. The van der Waals surface area contributed by atoms with Gasteiger partial charge in [0.15, 0.2) is 9.84 Å². The molecular weight excluding hydrogens is 459 g/mol. The molecule has 0 aromatic heterocycles. The summed E-state index contributed by atoms with van der Waals surface area (Å²) in [7, 11) is -3.11. The Morgan fingerprint density at radius 2 is 1.97 bits per heavy atom. The Bertz CT molecular complexity index is 1090. The van der Waals surface area contributed by atoms with E-state index in [0.717, 1.165) is 18.2 Å². The third-order valence-corrected chi connectivity index (χ3v) is 7.75. The van der Waals surface area contributed by atoms with Gasteiger partial charge in [-0.2, -0.15) is 8.78 Å². The second kappa shape index (κ2) is 9.36. The van der Waals surface area contributed by atoms with Gasteiger partial charge in [0, 0.05) is 35.4 Å². The molecule has 33 heavy (non-hydrogen) atoms. The highest BCUT2D eigenvalue weighted by Crippen LogP contribution is 2.34. The largest absolute Gasteiger partial charge is 0.435 e. The minimum absolute atomic E-state index is 0.0579. The monoisotopic (exact) mass is 487 g/mol. The van der Waals surface area contributed by atoms with Crippen molar-refractivity contribution >= 4 is 27.2 Å². The number of nitrogens with two attached hydrogens (primary N) is 1. The predicted molar refractivity (Wildman–Crippen MR) is 119 cm³/mol. The van der Waals surface area contributed by atoms with Crippen molar-refractivity contribution in [3.8, 4) is 5.75 Å². The number of hydrogen-bond donors (Lipinski definition) is 2. The fourth-order valence-corrected chi connectivity index (χ4v) is 6.33. The Morgan fingerprint density at radius 1 is 1.30 bits per heavy atom. The molecule has 0 radical (unpaired) electrons. The van der Waals surface area contributed by atoms with Crippen LogP contribution in [-0.4, -0.2) is 49.7 Å². The molecule has 1 atom stereocenters. The van der Waals surface area contributed by atoms with Gasteiger partial charge < -0.3 is 15.8 Å². The third-order valence-electron chi connectivity index (χ3n) is 5.60. The van der Waals surface area contributed by atoms with Crippen molar-refractivity contribution in [3.63, 3.8) is 0 Å². The maximum atomic E-state index is 14.5. The molecule has 182 valence electrons. The summed E-state index contributed by atoms with van der Waals surface area (Å²) in [5, 5.41) is 2.83. The summed E-state index contributed by atoms with van der Waals surface area (Å²) in [5.74, 6) is -1.81. The molecule has 0 spiro atoms. The van der Waals surface area contributed by atoms with Gasteiger partial charge in [-0.1, -0.05) is 0 Å². The second-order valence-electron chi connectivity index (χ2n) is 9.10. The van der Waals surface area contributed by atoms with Gasteiger partial charge in [-0.25, -0.2) is 12.8 Å². The predicted octanol–water partition coefficient (Wildman–Crippen LogP) is 3.05. The first kappa shape index (κ1) is 25.1. The van der Waals surface area contributed by atoms with Crippen LogP contribution in [0.25, 0.3) is 5.70 Å². The Balaban J connectivity index is 1.86. The minimum atomic E-state index is -3.11. The maximum Gasteiger partial charge on any atom is 0.387 e. The Kier molecular flexibility index (Phi) is 7.11. The molecule has 2 fully saturated rings. The number of aliphatic imine (C=N–C) groups is 1. The highest BCUT2D eigenvalue weighted by molar-refractivity contribution is 7.93. The second-order valence-corrected chi connectivity index (χ2v) is 11.2. The average molecular weight is 488 g/mol. The summed E-state index contributed by atoms with van der Waals surface area (Å²) in [5.41, 5.74) is 6.56.